The van der Waals surface area contributed by atoms with Gasteiger partial charge < -0.3 is 4.57 Å². The predicted octanol–water partition coefficient (Wildman–Crippen LogP) is 1.35. The first-order valence-corrected chi connectivity index (χ1v) is 4.57. The Balaban J connectivity index is 0. The first-order valence-electron chi connectivity index (χ1n) is 1.52. The third-order valence-corrected chi connectivity index (χ3v) is 0. The average Bonchev–Trinajstić information content (AvgIpc) is 0.722. The lowest BCUT2D eigenvalue weighted by Gasteiger charge is -1.86. The molecule has 0 aliphatic rings. The van der Waals surface area contributed by atoms with Gasteiger partial charge in [-0.3, -0.25) is 0 Å². The second-order valence-electron chi connectivity index (χ2n) is 1.89. The Kier molecular flexibility index (Phi) is 1.19. The second-order valence-corrected chi connectivity index (χ2v) is 5.67. The van der Waals surface area contributed by atoms with Gasteiger partial charge in [-0.1, -0.05) is 0 Å². The zero-order chi connectivity index (χ0) is 4.50. The van der Waals surface area contributed by atoms with Crippen molar-refractivity contribution in [1.82, 2.24) is 0 Å². The van der Waals surface area contributed by atoms with E-state index < -0.39 is 7.14 Å². The van der Waals surface area contributed by atoms with Gasteiger partial charge in [-0.15, -0.1) is 0 Å². The van der Waals surface area contributed by atoms with Crippen molar-refractivity contribution in [3.63, 3.8) is 0 Å². The molecule has 32 valence electrons. The van der Waals surface area contributed by atoms with Gasteiger partial charge in [0.15, 0.2) is 0 Å². The van der Waals surface area contributed by atoms with Crippen LogP contribution < -0.4 is 0 Å². The zero-order valence-corrected chi connectivity index (χ0v) is 4.75. The van der Waals surface area contributed by atoms with E-state index >= 15 is 0 Å². The fourth-order valence-electron chi connectivity index (χ4n) is 0. The fourth-order valence-corrected chi connectivity index (χ4v) is 0. The van der Waals surface area contributed by atoms with Crippen LogP contribution in [-0.2, 0) is 4.57 Å². The highest BCUT2D eigenvalue weighted by molar-refractivity contribution is 7.61. The molecule has 0 saturated carbocycles. The van der Waals surface area contributed by atoms with Crippen LogP contribution in [0.25, 0.3) is 0 Å². The molecule has 0 bridgehead atoms. The quantitative estimate of drug-likeness (QED) is 0.413. The summed E-state index contributed by atoms with van der Waals surface area (Å²) in [6.45, 7) is 5.23. The maximum absolute atomic E-state index is 10.2. The first kappa shape index (κ1) is 5.23. The van der Waals surface area contributed by atoms with Crippen molar-refractivity contribution in [1.29, 1.82) is 0 Å². The molecule has 0 heterocycles. The molecule has 0 N–H and O–H groups in total. The first-order chi connectivity index (χ1) is 2.00. The van der Waals surface area contributed by atoms with Gasteiger partial charge in [0, 0.05) is 0 Å². The summed E-state index contributed by atoms with van der Waals surface area (Å²) >= 11 is 0. The van der Waals surface area contributed by atoms with E-state index in [0.717, 1.165) is 0 Å². The summed E-state index contributed by atoms with van der Waals surface area (Å²) in [7, 11) is -1.64. The highest BCUT2D eigenvalue weighted by Gasteiger charge is 1.89. The van der Waals surface area contributed by atoms with Crippen LogP contribution in [0.15, 0.2) is 0 Å². The Bertz CT molecular complexity index is 56.9. The zero-order valence-electron chi connectivity index (χ0n) is 4.86. The molecule has 0 aliphatic heterocycles. The minimum Gasteiger partial charge on any atom is -0.324 e. The smallest absolute Gasteiger partial charge is 0.324 e. The topological polar surface area (TPSA) is 17.1 Å². The van der Waals surface area contributed by atoms with Crippen LogP contribution in [0.4, 0.5) is 0 Å². The molecular weight excluding hydrogens is 83.0 g/mol. The molecular formula is C3H10OP+. The Morgan fingerprint density at radius 1 is 1.40 bits per heavy atom. The van der Waals surface area contributed by atoms with E-state index in [9.17, 15) is 4.57 Å². The Morgan fingerprint density at radius 2 is 1.40 bits per heavy atom. The number of hydrogen-bond acceptors (Lipinski definition) is 1. The lowest BCUT2D eigenvalue weighted by atomic mass is 11.9. The van der Waals surface area contributed by atoms with Crippen molar-refractivity contribution in [3.8, 4) is 0 Å². The molecule has 0 aromatic rings. The van der Waals surface area contributed by atoms with Crippen LogP contribution in [-0.4, -0.2) is 20.0 Å². The van der Waals surface area contributed by atoms with Gasteiger partial charge in [0.05, 0.1) is 7.14 Å². The van der Waals surface area contributed by atoms with E-state index in [4.69, 9.17) is 0 Å². The van der Waals surface area contributed by atoms with Crippen LogP contribution in [0.2, 0.25) is 0 Å². The summed E-state index contributed by atoms with van der Waals surface area (Å²) in [6, 6.07) is 0. The lowest BCUT2D eigenvalue weighted by Crippen LogP contribution is -1.61. The molecule has 0 rings (SSSR count). The normalized spacial score (nSPS) is 11.8. The van der Waals surface area contributed by atoms with Crippen LogP contribution in [0, 0.1) is 0 Å². The standard InChI is InChI=1S/C3H9OP/c1-5(2,3)4/h1-3H3/p+1. The van der Waals surface area contributed by atoms with Crippen molar-refractivity contribution in [2.24, 2.45) is 0 Å². The predicted molar refractivity (Wildman–Crippen MR) is 26.5 cm³/mol. The van der Waals surface area contributed by atoms with E-state index in [0.29, 0.717) is 0 Å². The lowest BCUT2D eigenvalue weighted by molar-refractivity contribution is 0.586. The van der Waals surface area contributed by atoms with E-state index in [2.05, 4.69) is 0 Å². The third kappa shape index (κ3) is 398. The Hall–Kier alpha value is 0.230. The van der Waals surface area contributed by atoms with Crippen LogP contribution in [0.5, 0.6) is 0 Å². The molecule has 0 atom stereocenters. The van der Waals surface area contributed by atoms with Gasteiger partial charge >= 0.3 is 1.43 Å². The minimum atomic E-state index is -1.64. The highest BCUT2D eigenvalue weighted by Crippen LogP contribution is 2.28. The maximum Gasteiger partial charge on any atom is 1.00 e. The Morgan fingerprint density at radius 3 is 1.40 bits per heavy atom. The molecule has 0 aromatic heterocycles. The SMILES string of the molecule is CP(C)(C)=O.[H+]. The molecule has 0 spiro atoms. The number of rotatable bonds is 0. The summed E-state index contributed by atoms with van der Waals surface area (Å²) in [6.07, 6.45) is 0. The van der Waals surface area contributed by atoms with E-state index in [1.807, 2.05) is 0 Å². The highest BCUT2D eigenvalue weighted by atomic mass is 31.2. The van der Waals surface area contributed by atoms with Gasteiger partial charge in [-0.25, -0.2) is 0 Å². The molecule has 0 radical (unpaired) electrons. The van der Waals surface area contributed by atoms with Gasteiger partial charge in [0.1, 0.15) is 0 Å². The fraction of sp³-hybridized carbons (Fsp3) is 1.00. The van der Waals surface area contributed by atoms with E-state index in [1.54, 1.807) is 20.0 Å². The van der Waals surface area contributed by atoms with Gasteiger partial charge in [-0.2, -0.15) is 0 Å². The molecule has 0 amide bonds. The minimum absolute atomic E-state index is 0. The van der Waals surface area contributed by atoms with Gasteiger partial charge in [-0.05, 0) is 20.0 Å². The summed E-state index contributed by atoms with van der Waals surface area (Å²) in [4.78, 5) is 0. The van der Waals surface area contributed by atoms with Gasteiger partial charge in [0.2, 0.25) is 0 Å². The van der Waals surface area contributed by atoms with Crippen molar-refractivity contribution in [2.75, 3.05) is 20.0 Å². The monoisotopic (exact) mass is 93.0 g/mol. The molecule has 0 aliphatic carbocycles. The van der Waals surface area contributed by atoms with Crippen molar-refractivity contribution >= 4 is 7.14 Å². The molecule has 0 saturated heterocycles. The number of hydrogen-bond donors (Lipinski definition) is 0. The van der Waals surface area contributed by atoms with Gasteiger partial charge in [0.25, 0.3) is 0 Å². The van der Waals surface area contributed by atoms with Crippen LogP contribution >= 0.6 is 7.14 Å². The van der Waals surface area contributed by atoms with Crippen molar-refractivity contribution in [2.45, 2.75) is 0 Å². The Labute approximate surface area is 34.2 Å². The van der Waals surface area contributed by atoms with Crippen molar-refractivity contribution in [3.05, 3.63) is 0 Å². The van der Waals surface area contributed by atoms with Crippen molar-refractivity contribution < 1.29 is 5.99 Å². The average molecular weight is 93.1 g/mol. The van der Waals surface area contributed by atoms with E-state index in [1.165, 1.54) is 0 Å². The molecule has 0 aromatic carbocycles. The summed E-state index contributed by atoms with van der Waals surface area (Å²) in [5.41, 5.74) is 0. The molecule has 5 heavy (non-hydrogen) atoms. The van der Waals surface area contributed by atoms with Crippen LogP contribution in [0.3, 0.4) is 0 Å². The van der Waals surface area contributed by atoms with Crippen LogP contribution in [0.1, 0.15) is 1.43 Å². The third-order valence-electron chi connectivity index (χ3n) is 0. The second kappa shape index (κ2) is 1.14. The molecule has 1 nitrogen and oxygen atoms in total. The van der Waals surface area contributed by atoms with E-state index in [-0.39, 0.29) is 1.43 Å². The summed E-state index contributed by atoms with van der Waals surface area (Å²) in [5.74, 6) is 0. The molecule has 0 unspecified atom stereocenters. The summed E-state index contributed by atoms with van der Waals surface area (Å²) in [5, 5.41) is 0. The molecule has 2 heteroatoms. The maximum atomic E-state index is 10.2. The summed E-state index contributed by atoms with van der Waals surface area (Å²) < 4.78 is 10.2. The largest absolute Gasteiger partial charge is 1.00 e. The molecule has 0 fully saturated rings.